The zero-order chi connectivity index (χ0) is 14.9. The van der Waals surface area contributed by atoms with Gasteiger partial charge in [0.2, 0.25) is 0 Å². The molecule has 0 amide bonds. The zero-order valence-electron chi connectivity index (χ0n) is 13.1. The molecule has 1 heterocycles. The number of unbranched alkanes of at least 4 members (excludes halogenated alkanes) is 2. The highest BCUT2D eigenvalue weighted by molar-refractivity contribution is 7.80. The lowest BCUT2D eigenvalue weighted by Gasteiger charge is -2.32. The van der Waals surface area contributed by atoms with E-state index < -0.39 is 0 Å². The Morgan fingerprint density at radius 3 is 2.67 bits per heavy atom. The van der Waals surface area contributed by atoms with Crippen LogP contribution in [0, 0.1) is 0 Å². The van der Waals surface area contributed by atoms with Crippen LogP contribution in [0.15, 0.2) is 24.5 Å². The summed E-state index contributed by atoms with van der Waals surface area (Å²) < 4.78 is 0. The van der Waals surface area contributed by atoms with Crippen molar-refractivity contribution >= 4 is 17.3 Å². The Morgan fingerprint density at radius 2 is 2.00 bits per heavy atom. The zero-order valence-corrected chi connectivity index (χ0v) is 13.9. The fourth-order valence-corrected chi connectivity index (χ4v) is 3.26. The second-order valence-electron chi connectivity index (χ2n) is 5.86. The Morgan fingerprint density at radius 1 is 1.29 bits per heavy atom. The van der Waals surface area contributed by atoms with Crippen LogP contribution in [0.4, 0.5) is 0 Å². The van der Waals surface area contributed by atoms with Crippen LogP contribution in [-0.4, -0.2) is 27.6 Å². The maximum Gasteiger partial charge on any atom is 0.169 e. The van der Waals surface area contributed by atoms with Gasteiger partial charge in [0.05, 0.1) is 0 Å². The molecular weight excluding hydrogens is 278 g/mol. The summed E-state index contributed by atoms with van der Waals surface area (Å²) in [5.74, 6) is 0. The first-order chi connectivity index (χ1) is 10.3. The van der Waals surface area contributed by atoms with Gasteiger partial charge in [0.25, 0.3) is 0 Å². The van der Waals surface area contributed by atoms with Crippen LogP contribution >= 0.6 is 12.2 Å². The van der Waals surface area contributed by atoms with Crippen molar-refractivity contribution in [2.45, 2.75) is 64.5 Å². The van der Waals surface area contributed by atoms with E-state index in [2.05, 4.69) is 34.3 Å². The fourth-order valence-electron chi connectivity index (χ4n) is 2.94. The minimum atomic E-state index is 0.601. The number of hydrogen-bond acceptors (Lipinski definition) is 2. The molecule has 1 saturated carbocycles. The van der Waals surface area contributed by atoms with Crippen LogP contribution in [0.25, 0.3) is 0 Å². The average molecular weight is 305 g/mol. The molecule has 1 aromatic rings. The van der Waals surface area contributed by atoms with E-state index in [1.54, 1.807) is 0 Å². The van der Waals surface area contributed by atoms with E-state index in [9.17, 15) is 0 Å². The molecule has 0 saturated heterocycles. The summed E-state index contributed by atoms with van der Waals surface area (Å²) in [6, 6.07) is 4.77. The van der Waals surface area contributed by atoms with E-state index in [-0.39, 0.29) is 0 Å². The minimum Gasteiger partial charge on any atom is -0.363 e. The lowest BCUT2D eigenvalue weighted by Crippen LogP contribution is -2.44. The van der Waals surface area contributed by atoms with Gasteiger partial charge in [-0.05, 0) is 49.2 Å². The van der Waals surface area contributed by atoms with Crippen molar-refractivity contribution < 1.29 is 0 Å². The smallest absolute Gasteiger partial charge is 0.169 e. The Balaban J connectivity index is 1.93. The summed E-state index contributed by atoms with van der Waals surface area (Å²) in [6.45, 7) is 4.12. The van der Waals surface area contributed by atoms with Crippen LogP contribution in [0.1, 0.15) is 57.4 Å². The predicted molar refractivity (Wildman–Crippen MR) is 92.2 cm³/mol. The van der Waals surface area contributed by atoms with E-state index in [4.69, 9.17) is 12.2 Å². The fraction of sp³-hybridized carbons (Fsp3) is 0.647. The highest BCUT2D eigenvalue weighted by atomic mass is 32.1. The first kappa shape index (κ1) is 16.2. The molecule has 1 aromatic heterocycles. The first-order valence-corrected chi connectivity index (χ1v) is 8.65. The van der Waals surface area contributed by atoms with Crippen molar-refractivity contribution in [3.8, 4) is 0 Å². The van der Waals surface area contributed by atoms with Crippen molar-refractivity contribution in [2.24, 2.45) is 0 Å². The monoisotopic (exact) mass is 305 g/mol. The summed E-state index contributed by atoms with van der Waals surface area (Å²) in [4.78, 5) is 6.49. The Labute approximate surface area is 134 Å². The standard InChI is InChI=1S/C17H27N3S/c1-2-3-6-11-19-17(21)20(16-7-4-5-8-16)14-15-9-12-18-13-10-15/h9-10,12-13,16H,2-8,11,14H2,1H3,(H,19,21). The summed E-state index contributed by atoms with van der Waals surface area (Å²) >= 11 is 5.66. The number of hydrogen-bond donors (Lipinski definition) is 1. The molecule has 0 spiro atoms. The van der Waals surface area contributed by atoms with Gasteiger partial charge in [-0.3, -0.25) is 4.98 Å². The van der Waals surface area contributed by atoms with Gasteiger partial charge in [0.15, 0.2) is 5.11 Å². The quantitative estimate of drug-likeness (QED) is 0.611. The predicted octanol–water partition coefficient (Wildman–Crippen LogP) is 3.89. The third kappa shape index (κ3) is 5.27. The minimum absolute atomic E-state index is 0.601. The molecule has 0 aliphatic heterocycles. The maximum atomic E-state index is 5.66. The van der Waals surface area contributed by atoms with E-state index in [0.717, 1.165) is 18.2 Å². The molecule has 0 unspecified atom stereocenters. The lowest BCUT2D eigenvalue weighted by molar-refractivity contribution is 0.303. The molecule has 4 heteroatoms. The second-order valence-corrected chi connectivity index (χ2v) is 6.25. The van der Waals surface area contributed by atoms with Crippen molar-refractivity contribution in [1.29, 1.82) is 0 Å². The van der Waals surface area contributed by atoms with Crippen LogP contribution in [-0.2, 0) is 6.54 Å². The van der Waals surface area contributed by atoms with Gasteiger partial charge in [0.1, 0.15) is 0 Å². The van der Waals surface area contributed by atoms with Gasteiger partial charge >= 0.3 is 0 Å². The Bertz CT molecular complexity index is 415. The molecule has 1 N–H and O–H groups in total. The molecule has 1 aliphatic rings. The van der Waals surface area contributed by atoms with Crippen LogP contribution in [0.2, 0.25) is 0 Å². The number of nitrogens with one attached hydrogen (secondary N) is 1. The summed E-state index contributed by atoms with van der Waals surface area (Å²) in [5.41, 5.74) is 1.29. The van der Waals surface area contributed by atoms with E-state index in [1.165, 1.54) is 50.5 Å². The summed E-state index contributed by atoms with van der Waals surface area (Å²) in [7, 11) is 0. The number of nitrogens with zero attached hydrogens (tertiary/aromatic N) is 2. The van der Waals surface area contributed by atoms with Crippen LogP contribution in [0.3, 0.4) is 0 Å². The normalized spacial score (nSPS) is 15.1. The third-order valence-corrected chi connectivity index (χ3v) is 4.56. The van der Waals surface area contributed by atoms with Gasteiger partial charge in [-0.2, -0.15) is 0 Å². The van der Waals surface area contributed by atoms with E-state index in [0.29, 0.717) is 6.04 Å². The van der Waals surface area contributed by atoms with Gasteiger partial charge in [-0.25, -0.2) is 0 Å². The number of thiocarbonyl (C=S) groups is 1. The van der Waals surface area contributed by atoms with Crippen LogP contribution in [0.5, 0.6) is 0 Å². The van der Waals surface area contributed by atoms with Gasteiger partial charge in [-0.15, -0.1) is 0 Å². The molecule has 116 valence electrons. The SMILES string of the molecule is CCCCCNC(=S)N(Cc1ccncc1)C1CCCC1. The van der Waals surface area contributed by atoms with Crippen molar-refractivity contribution in [3.63, 3.8) is 0 Å². The van der Waals surface area contributed by atoms with E-state index in [1.807, 2.05) is 12.4 Å². The number of pyridine rings is 1. The van der Waals surface area contributed by atoms with Crippen LogP contribution < -0.4 is 5.32 Å². The molecule has 0 radical (unpaired) electrons. The largest absolute Gasteiger partial charge is 0.363 e. The molecule has 1 fully saturated rings. The number of rotatable bonds is 7. The molecule has 0 atom stereocenters. The van der Waals surface area contributed by atoms with Gasteiger partial charge in [-0.1, -0.05) is 32.6 Å². The van der Waals surface area contributed by atoms with Crippen molar-refractivity contribution in [2.75, 3.05) is 6.54 Å². The number of aromatic nitrogens is 1. The highest BCUT2D eigenvalue weighted by Gasteiger charge is 2.24. The third-order valence-electron chi connectivity index (χ3n) is 4.19. The molecule has 1 aliphatic carbocycles. The lowest BCUT2D eigenvalue weighted by atomic mass is 10.2. The van der Waals surface area contributed by atoms with Crippen molar-refractivity contribution in [1.82, 2.24) is 15.2 Å². The molecule has 0 bridgehead atoms. The van der Waals surface area contributed by atoms with Gasteiger partial charge in [0, 0.05) is 31.5 Å². The van der Waals surface area contributed by atoms with E-state index >= 15 is 0 Å². The summed E-state index contributed by atoms with van der Waals surface area (Å²) in [5, 5.41) is 4.38. The molecule has 0 aromatic carbocycles. The second kappa shape index (κ2) is 8.98. The summed E-state index contributed by atoms with van der Waals surface area (Å²) in [6.07, 6.45) is 12.6. The maximum absolute atomic E-state index is 5.66. The Hall–Kier alpha value is -1.16. The molecular formula is C17H27N3S. The molecule has 21 heavy (non-hydrogen) atoms. The Kier molecular flexibility index (Phi) is 6.93. The highest BCUT2D eigenvalue weighted by Crippen LogP contribution is 2.25. The first-order valence-electron chi connectivity index (χ1n) is 8.24. The molecule has 3 nitrogen and oxygen atoms in total. The average Bonchev–Trinajstić information content (AvgIpc) is 3.04. The molecule has 2 rings (SSSR count). The topological polar surface area (TPSA) is 28.2 Å². The van der Waals surface area contributed by atoms with Crippen molar-refractivity contribution in [3.05, 3.63) is 30.1 Å². The van der Waals surface area contributed by atoms with Gasteiger partial charge < -0.3 is 10.2 Å².